The predicted octanol–water partition coefficient (Wildman–Crippen LogP) is 4.21. The van der Waals surface area contributed by atoms with E-state index in [0.717, 1.165) is 28.1 Å². The maximum atomic E-state index is 9.37. The summed E-state index contributed by atoms with van der Waals surface area (Å²) >= 11 is 0. The quantitative estimate of drug-likeness (QED) is 0.596. The number of allylic oxidation sites excluding steroid dienone is 1. The average Bonchev–Trinajstić information content (AvgIpc) is 2.67. The van der Waals surface area contributed by atoms with Gasteiger partial charge in [-0.3, -0.25) is 4.99 Å². The van der Waals surface area contributed by atoms with Gasteiger partial charge in [-0.1, -0.05) is 12.1 Å². The topological polar surface area (TPSA) is 83.4 Å². The van der Waals surface area contributed by atoms with Crippen LogP contribution < -0.4 is 15.8 Å². The van der Waals surface area contributed by atoms with Gasteiger partial charge in [0.15, 0.2) is 0 Å². The highest BCUT2D eigenvalue weighted by Crippen LogP contribution is 2.26. The van der Waals surface area contributed by atoms with E-state index in [4.69, 9.17) is 10.5 Å². The second kappa shape index (κ2) is 8.91. The molecule has 0 saturated carbocycles. The van der Waals surface area contributed by atoms with E-state index in [-0.39, 0.29) is 0 Å². The van der Waals surface area contributed by atoms with E-state index >= 15 is 0 Å². The Bertz CT molecular complexity index is 936. The normalized spacial score (nSPS) is 12.2. The second-order valence-corrected chi connectivity index (χ2v) is 6.33. The lowest BCUT2D eigenvalue weighted by Gasteiger charge is -2.15. The molecular weight excluding hydrogens is 336 g/mol. The molecule has 0 aromatic heterocycles. The summed E-state index contributed by atoms with van der Waals surface area (Å²) in [7, 11) is 3.55. The highest BCUT2D eigenvalue weighted by atomic mass is 16.5. The molecule has 0 aliphatic heterocycles. The van der Waals surface area contributed by atoms with Crippen LogP contribution in [0.4, 0.5) is 5.69 Å². The molecule has 0 spiro atoms. The van der Waals surface area contributed by atoms with Gasteiger partial charge < -0.3 is 15.8 Å². The van der Waals surface area contributed by atoms with Gasteiger partial charge in [0, 0.05) is 25.3 Å². The minimum absolute atomic E-state index is 0.393. The van der Waals surface area contributed by atoms with Crippen LogP contribution in [0.1, 0.15) is 29.2 Å². The van der Waals surface area contributed by atoms with E-state index < -0.39 is 0 Å². The van der Waals surface area contributed by atoms with Gasteiger partial charge in [0.1, 0.15) is 18.4 Å². The monoisotopic (exact) mass is 362 g/mol. The Morgan fingerprint density at radius 2 is 1.96 bits per heavy atom. The molecule has 0 atom stereocenters. The lowest BCUT2D eigenvalue weighted by Crippen LogP contribution is -2.08. The van der Waals surface area contributed by atoms with Crippen LogP contribution in [0.3, 0.4) is 0 Å². The smallest absolute Gasteiger partial charge is 0.122 e. The fourth-order valence-electron chi connectivity index (χ4n) is 2.85. The predicted molar refractivity (Wildman–Crippen MR) is 112 cm³/mol. The third kappa shape index (κ3) is 4.48. The van der Waals surface area contributed by atoms with Crippen LogP contribution in [0.25, 0.3) is 5.70 Å². The summed E-state index contributed by atoms with van der Waals surface area (Å²) in [5.74, 6) is 0.788. The fourth-order valence-corrected chi connectivity index (χ4v) is 2.85. The van der Waals surface area contributed by atoms with Crippen LogP contribution in [-0.2, 0) is 6.61 Å². The molecule has 27 heavy (non-hydrogen) atoms. The molecule has 5 heteroatoms. The number of rotatable bonds is 6. The Balaban J connectivity index is 2.29. The van der Waals surface area contributed by atoms with Crippen LogP contribution in [0, 0.1) is 25.2 Å². The molecule has 0 heterocycles. The largest absolute Gasteiger partial charge is 0.489 e. The molecule has 2 aromatic carbocycles. The third-order valence-corrected chi connectivity index (χ3v) is 4.62. The van der Waals surface area contributed by atoms with Gasteiger partial charge in [-0.15, -0.1) is 0 Å². The number of aliphatic imine (C=N–C) groups is 1. The average molecular weight is 362 g/mol. The summed E-state index contributed by atoms with van der Waals surface area (Å²) < 4.78 is 6.05. The van der Waals surface area contributed by atoms with Crippen molar-refractivity contribution in [1.82, 2.24) is 0 Å². The van der Waals surface area contributed by atoms with E-state index in [2.05, 4.69) is 29.4 Å². The molecular formula is C22H26N4O. The Morgan fingerprint density at radius 3 is 2.56 bits per heavy atom. The SMILES string of the molecule is CN=C(C)C(C#N)=C(N)c1ccc(OCc2c(C)cccc2NC)c(C)c1. The van der Waals surface area contributed by atoms with Gasteiger partial charge in [-0.05, 0) is 61.7 Å². The van der Waals surface area contributed by atoms with Crippen molar-refractivity contribution in [2.24, 2.45) is 10.7 Å². The van der Waals surface area contributed by atoms with E-state index in [9.17, 15) is 5.26 Å². The number of nitrogens with two attached hydrogens (primary N) is 1. The first-order valence-corrected chi connectivity index (χ1v) is 8.76. The van der Waals surface area contributed by atoms with Crippen LogP contribution in [0.5, 0.6) is 5.75 Å². The van der Waals surface area contributed by atoms with Crippen molar-refractivity contribution in [1.29, 1.82) is 5.26 Å². The number of benzene rings is 2. The maximum absolute atomic E-state index is 9.37. The molecule has 0 unspecified atom stereocenters. The molecule has 0 amide bonds. The molecule has 5 nitrogen and oxygen atoms in total. The van der Waals surface area contributed by atoms with Crippen molar-refractivity contribution >= 4 is 17.1 Å². The molecule has 3 N–H and O–H groups in total. The lowest BCUT2D eigenvalue weighted by atomic mass is 10.0. The van der Waals surface area contributed by atoms with Gasteiger partial charge in [0.25, 0.3) is 0 Å². The molecule has 2 rings (SSSR count). The van der Waals surface area contributed by atoms with E-state index in [0.29, 0.717) is 23.6 Å². The first-order valence-electron chi connectivity index (χ1n) is 8.76. The van der Waals surface area contributed by atoms with Crippen LogP contribution in [0.15, 0.2) is 47.0 Å². The molecule has 0 fully saturated rings. The Kier molecular flexibility index (Phi) is 6.62. The summed E-state index contributed by atoms with van der Waals surface area (Å²) in [6.07, 6.45) is 0. The minimum atomic E-state index is 0.393. The van der Waals surface area contributed by atoms with Crippen molar-refractivity contribution in [2.75, 3.05) is 19.4 Å². The number of nitriles is 1. The Morgan fingerprint density at radius 1 is 1.22 bits per heavy atom. The lowest BCUT2D eigenvalue weighted by molar-refractivity contribution is 0.304. The van der Waals surface area contributed by atoms with Crippen molar-refractivity contribution < 1.29 is 4.74 Å². The molecule has 0 bridgehead atoms. The summed E-state index contributed by atoms with van der Waals surface area (Å²) in [6.45, 7) is 6.29. The summed E-state index contributed by atoms with van der Waals surface area (Å²) in [6, 6.07) is 14.0. The molecule has 140 valence electrons. The molecule has 0 radical (unpaired) electrons. The van der Waals surface area contributed by atoms with Gasteiger partial charge >= 0.3 is 0 Å². The highest BCUT2D eigenvalue weighted by Gasteiger charge is 2.11. The number of aryl methyl sites for hydroxylation is 2. The summed E-state index contributed by atoms with van der Waals surface area (Å²) in [4.78, 5) is 4.06. The van der Waals surface area contributed by atoms with Crippen molar-refractivity contribution in [2.45, 2.75) is 27.4 Å². The number of hydrogen-bond donors (Lipinski definition) is 2. The first kappa shape index (κ1) is 20.1. The number of nitrogens with one attached hydrogen (secondary N) is 1. The molecule has 2 aromatic rings. The minimum Gasteiger partial charge on any atom is -0.489 e. The zero-order valence-electron chi connectivity index (χ0n) is 16.6. The Labute approximate surface area is 161 Å². The van der Waals surface area contributed by atoms with Gasteiger partial charge in [-0.25, -0.2) is 0 Å². The number of hydrogen-bond acceptors (Lipinski definition) is 5. The van der Waals surface area contributed by atoms with Crippen molar-refractivity contribution in [3.8, 4) is 11.8 Å². The molecule has 0 aliphatic carbocycles. The van der Waals surface area contributed by atoms with Gasteiger partial charge in [0.05, 0.1) is 17.0 Å². The third-order valence-electron chi connectivity index (χ3n) is 4.62. The van der Waals surface area contributed by atoms with Crippen molar-refractivity contribution in [3.63, 3.8) is 0 Å². The van der Waals surface area contributed by atoms with Crippen LogP contribution in [-0.4, -0.2) is 19.8 Å². The van der Waals surface area contributed by atoms with Crippen molar-refractivity contribution in [3.05, 3.63) is 64.2 Å². The molecule has 0 aliphatic rings. The first-order chi connectivity index (χ1) is 12.9. The second-order valence-electron chi connectivity index (χ2n) is 6.33. The number of nitrogens with zero attached hydrogens (tertiary/aromatic N) is 2. The number of anilines is 1. The van der Waals surface area contributed by atoms with Crippen LogP contribution >= 0.6 is 0 Å². The number of ether oxygens (including phenoxy) is 1. The summed E-state index contributed by atoms with van der Waals surface area (Å²) in [5, 5.41) is 12.6. The highest BCUT2D eigenvalue weighted by molar-refractivity contribution is 6.07. The fraction of sp³-hybridized carbons (Fsp3) is 0.273. The molecule has 0 saturated heterocycles. The van der Waals surface area contributed by atoms with E-state index in [1.807, 2.05) is 44.3 Å². The maximum Gasteiger partial charge on any atom is 0.122 e. The summed E-state index contributed by atoms with van der Waals surface area (Å²) in [5.41, 5.74) is 12.7. The zero-order valence-corrected chi connectivity index (χ0v) is 16.6. The van der Waals surface area contributed by atoms with E-state index in [1.54, 1.807) is 14.0 Å². The Hall–Kier alpha value is -3.26. The van der Waals surface area contributed by atoms with Crippen LogP contribution in [0.2, 0.25) is 0 Å². The standard InChI is InChI=1S/C22H26N4O/c1-14-7-6-8-20(26-5)19(14)13-27-21-10-9-17(11-15(21)2)22(24)18(12-23)16(3)25-4/h6-11,26H,13,24H2,1-5H3. The van der Waals surface area contributed by atoms with Gasteiger partial charge in [0.2, 0.25) is 0 Å². The van der Waals surface area contributed by atoms with E-state index in [1.165, 1.54) is 5.56 Å². The zero-order chi connectivity index (χ0) is 20.0. The van der Waals surface area contributed by atoms with Gasteiger partial charge in [-0.2, -0.15) is 5.26 Å².